The number of aryl methyl sites for hydroxylation is 1. The van der Waals surface area contributed by atoms with Crippen LogP contribution in [0.25, 0.3) is 0 Å². The van der Waals surface area contributed by atoms with Gasteiger partial charge in [0.2, 0.25) is 10.0 Å². The molecule has 0 aliphatic carbocycles. The maximum Gasteiger partial charge on any atom is 0.261 e. The summed E-state index contributed by atoms with van der Waals surface area (Å²) < 4.78 is 40.3. The van der Waals surface area contributed by atoms with E-state index in [1.807, 2.05) is 19.1 Å². The maximum absolute atomic E-state index is 13.5. The summed E-state index contributed by atoms with van der Waals surface area (Å²) in [4.78, 5) is 38.0. The van der Waals surface area contributed by atoms with E-state index in [0.717, 1.165) is 22.5 Å². The molecule has 0 spiro atoms. The van der Waals surface area contributed by atoms with E-state index in [4.69, 9.17) is 9.47 Å². The Balaban J connectivity index is 1.44. The SMILES string of the molecule is CNC(=O)c1cc(S(=O)(=O)N2CC[C@@H]3Oc4ccc(cc4)CNC(=O)COc4cc(ccc4C)C(=O)N[C@H]3C2)cs1. The summed E-state index contributed by atoms with van der Waals surface area (Å²) in [5.74, 6) is -0.153. The number of benzene rings is 2. The van der Waals surface area contributed by atoms with E-state index in [1.54, 1.807) is 30.3 Å². The van der Waals surface area contributed by atoms with E-state index in [-0.39, 0.29) is 41.3 Å². The number of hydrogen-bond donors (Lipinski definition) is 3. The third kappa shape index (κ3) is 6.37. The first-order valence-corrected chi connectivity index (χ1v) is 15.3. The Kier molecular flexibility index (Phi) is 8.29. The van der Waals surface area contributed by atoms with E-state index in [2.05, 4.69) is 16.0 Å². The molecule has 2 aromatic carbocycles. The summed E-state index contributed by atoms with van der Waals surface area (Å²) in [6.45, 7) is 2.04. The van der Waals surface area contributed by atoms with Crippen LogP contribution < -0.4 is 25.4 Å². The minimum atomic E-state index is -3.94. The summed E-state index contributed by atoms with van der Waals surface area (Å²) in [7, 11) is -2.46. The molecule has 2 atom stereocenters. The second-order valence-electron chi connectivity index (χ2n) is 9.80. The number of thiophene rings is 1. The van der Waals surface area contributed by atoms with Crippen molar-refractivity contribution >= 4 is 39.1 Å². The van der Waals surface area contributed by atoms with E-state index in [0.29, 0.717) is 30.0 Å². The molecule has 1 fully saturated rings. The molecule has 6 rings (SSSR count). The summed E-state index contributed by atoms with van der Waals surface area (Å²) in [5, 5.41) is 9.71. The number of carbonyl (C=O) groups is 3. The number of nitrogens with one attached hydrogen (secondary N) is 3. The maximum atomic E-state index is 13.5. The average Bonchev–Trinajstić information content (AvgIpc) is 3.48. The van der Waals surface area contributed by atoms with Crippen LogP contribution in [0.4, 0.5) is 0 Å². The van der Waals surface area contributed by atoms with Gasteiger partial charge in [-0.15, -0.1) is 11.3 Å². The summed E-state index contributed by atoms with van der Waals surface area (Å²) in [6, 6.07) is 12.8. The molecule has 3 aromatic rings. The van der Waals surface area contributed by atoms with E-state index in [9.17, 15) is 22.8 Å². The van der Waals surface area contributed by atoms with Gasteiger partial charge in [0.1, 0.15) is 17.6 Å². The molecule has 3 aliphatic heterocycles. The van der Waals surface area contributed by atoms with Crippen LogP contribution in [0.3, 0.4) is 0 Å². The quantitative estimate of drug-likeness (QED) is 0.419. The lowest BCUT2D eigenvalue weighted by Crippen LogP contribution is -2.58. The standard InChI is InChI=1S/C28H30N4O7S2/c1-17-3-6-19-11-24(17)38-15-26(33)30-13-18-4-7-20(8-5-18)39-23-9-10-32(14-22(23)31-27(19)34)41(36,37)21-12-25(40-16-21)28(35)29-2/h3-8,11-12,16,22-23H,9-10,13-15H2,1-2H3,(H,29,35)(H,30,33)(H,31,34)/t22-,23-/m0/s1. The van der Waals surface area contributed by atoms with Crippen LogP contribution >= 0.6 is 11.3 Å². The molecule has 1 aromatic heterocycles. The van der Waals surface area contributed by atoms with Crippen molar-refractivity contribution in [2.75, 3.05) is 26.7 Å². The second kappa shape index (κ2) is 11.9. The fourth-order valence-electron chi connectivity index (χ4n) is 4.65. The van der Waals surface area contributed by atoms with Gasteiger partial charge in [-0.3, -0.25) is 14.4 Å². The first kappa shape index (κ1) is 28.6. The average molecular weight is 599 g/mol. The number of ether oxygens (including phenoxy) is 2. The highest BCUT2D eigenvalue weighted by atomic mass is 32.2. The van der Waals surface area contributed by atoms with Gasteiger partial charge in [0, 0.05) is 44.0 Å². The molecule has 3 aliphatic rings. The van der Waals surface area contributed by atoms with Crippen LogP contribution in [-0.2, 0) is 21.4 Å². The number of rotatable bonds is 3. The third-order valence-electron chi connectivity index (χ3n) is 7.00. The lowest BCUT2D eigenvalue weighted by molar-refractivity contribution is -0.123. The number of piperidine rings is 1. The Morgan fingerprint density at radius 1 is 1.12 bits per heavy atom. The molecule has 3 amide bonds. The van der Waals surface area contributed by atoms with Crippen molar-refractivity contribution in [1.82, 2.24) is 20.3 Å². The summed E-state index contributed by atoms with van der Waals surface area (Å²) in [5.41, 5.74) is 1.92. The van der Waals surface area contributed by atoms with Crippen molar-refractivity contribution in [2.45, 2.75) is 36.9 Å². The van der Waals surface area contributed by atoms with Crippen LogP contribution in [0.5, 0.6) is 11.5 Å². The smallest absolute Gasteiger partial charge is 0.261 e. The highest BCUT2D eigenvalue weighted by Gasteiger charge is 2.38. The molecule has 0 unspecified atom stereocenters. The second-order valence-corrected chi connectivity index (χ2v) is 12.7. The fourth-order valence-corrected chi connectivity index (χ4v) is 7.34. The molecule has 4 heterocycles. The largest absolute Gasteiger partial charge is 0.488 e. The molecule has 1 saturated heterocycles. The zero-order valence-electron chi connectivity index (χ0n) is 22.5. The van der Waals surface area contributed by atoms with Crippen LogP contribution in [0, 0.1) is 6.92 Å². The number of nitrogens with zero attached hydrogens (tertiary/aromatic N) is 1. The Bertz CT molecular complexity index is 1570. The van der Waals surface area contributed by atoms with Crippen molar-refractivity contribution in [3.63, 3.8) is 0 Å². The number of sulfonamides is 1. The minimum absolute atomic E-state index is 0.0233. The monoisotopic (exact) mass is 598 g/mol. The lowest BCUT2D eigenvalue weighted by atomic mass is 10.0. The number of hydrogen-bond acceptors (Lipinski definition) is 8. The predicted octanol–water partition coefficient (Wildman–Crippen LogP) is 2.07. The Morgan fingerprint density at radius 3 is 2.66 bits per heavy atom. The van der Waals surface area contributed by atoms with Crippen LogP contribution in [0.2, 0.25) is 0 Å². The van der Waals surface area contributed by atoms with Crippen LogP contribution in [0.15, 0.2) is 58.8 Å². The zero-order chi connectivity index (χ0) is 29.1. The molecule has 0 radical (unpaired) electrons. The highest BCUT2D eigenvalue weighted by Crippen LogP contribution is 2.28. The Labute approximate surface area is 241 Å². The van der Waals surface area contributed by atoms with E-state index >= 15 is 0 Å². The van der Waals surface area contributed by atoms with Crippen LogP contribution in [-0.4, -0.2) is 69.3 Å². The predicted molar refractivity (Wildman–Crippen MR) is 152 cm³/mol. The zero-order valence-corrected chi connectivity index (χ0v) is 24.1. The van der Waals surface area contributed by atoms with E-state index in [1.165, 1.54) is 22.8 Å². The van der Waals surface area contributed by atoms with Gasteiger partial charge < -0.3 is 25.4 Å². The molecule has 41 heavy (non-hydrogen) atoms. The van der Waals surface area contributed by atoms with Gasteiger partial charge in [0.05, 0.1) is 15.8 Å². The van der Waals surface area contributed by atoms with Gasteiger partial charge in [0.15, 0.2) is 6.61 Å². The van der Waals surface area contributed by atoms with Gasteiger partial charge in [-0.05, 0) is 48.4 Å². The Hall–Kier alpha value is -3.94. The van der Waals surface area contributed by atoms with E-state index < -0.39 is 28.1 Å². The normalized spacial score (nSPS) is 20.0. The van der Waals surface area contributed by atoms with Gasteiger partial charge in [-0.1, -0.05) is 18.2 Å². The van der Waals surface area contributed by atoms with Crippen molar-refractivity contribution in [3.05, 3.63) is 75.5 Å². The van der Waals surface area contributed by atoms with Crippen molar-refractivity contribution in [1.29, 1.82) is 0 Å². The van der Waals surface area contributed by atoms with Crippen molar-refractivity contribution < 1.29 is 32.3 Å². The number of fused-ring (bicyclic) bond motifs is 7. The first-order chi connectivity index (χ1) is 19.6. The molecular formula is C28H30N4O7S2. The number of amides is 3. The number of carbonyl (C=O) groups excluding carboxylic acids is 3. The first-order valence-electron chi connectivity index (χ1n) is 13.0. The summed E-state index contributed by atoms with van der Waals surface area (Å²) >= 11 is 1.05. The molecule has 0 saturated carbocycles. The molecular weight excluding hydrogens is 568 g/mol. The van der Waals surface area contributed by atoms with Gasteiger partial charge in [-0.2, -0.15) is 4.31 Å². The lowest BCUT2D eigenvalue weighted by Gasteiger charge is -2.38. The van der Waals surface area contributed by atoms with Crippen LogP contribution in [0.1, 0.15) is 37.6 Å². The molecule has 3 N–H and O–H groups in total. The molecule has 13 heteroatoms. The van der Waals surface area contributed by atoms with Gasteiger partial charge in [0.25, 0.3) is 17.7 Å². The fraction of sp³-hybridized carbons (Fsp3) is 0.321. The van der Waals surface area contributed by atoms with Crippen molar-refractivity contribution in [2.24, 2.45) is 0 Å². The summed E-state index contributed by atoms with van der Waals surface area (Å²) in [6.07, 6.45) is -0.201. The topological polar surface area (TPSA) is 143 Å². The third-order valence-corrected chi connectivity index (χ3v) is 9.92. The van der Waals surface area contributed by atoms with Crippen molar-refractivity contribution in [3.8, 4) is 11.5 Å². The highest BCUT2D eigenvalue weighted by molar-refractivity contribution is 7.89. The van der Waals surface area contributed by atoms with Gasteiger partial charge in [-0.25, -0.2) is 8.42 Å². The van der Waals surface area contributed by atoms with Gasteiger partial charge >= 0.3 is 0 Å². The molecule has 4 bridgehead atoms. The Morgan fingerprint density at radius 2 is 1.90 bits per heavy atom. The molecule has 11 nitrogen and oxygen atoms in total. The molecule has 216 valence electrons. The minimum Gasteiger partial charge on any atom is -0.488 e.